The third kappa shape index (κ3) is 4.13. The van der Waals surface area contributed by atoms with Crippen molar-refractivity contribution < 1.29 is 13.7 Å². The van der Waals surface area contributed by atoms with E-state index in [4.69, 9.17) is 5.73 Å². The SMILES string of the molecule is CC(C)C(N)CNc1ccc([N+](=O)[O-])cc1C(F)F. The molecule has 0 saturated heterocycles. The van der Waals surface area contributed by atoms with E-state index >= 15 is 0 Å². The molecular formula is C12H17F2N3O2. The Bertz CT molecular complexity index is 453. The number of nitrogens with one attached hydrogen (secondary N) is 1. The molecule has 1 unspecified atom stereocenters. The molecule has 1 rings (SSSR count). The van der Waals surface area contributed by atoms with Crippen molar-refractivity contribution in [3.05, 3.63) is 33.9 Å². The molecule has 1 aromatic carbocycles. The Morgan fingerprint density at radius 3 is 2.53 bits per heavy atom. The van der Waals surface area contributed by atoms with E-state index in [-0.39, 0.29) is 28.9 Å². The van der Waals surface area contributed by atoms with Gasteiger partial charge < -0.3 is 11.1 Å². The largest absolute Gasteiger partial charge is 0.383 e. The van der Waals surface area contributed by atoms with Crippen LogP contribution in [0.4, 0.5) is 20.2 Å². The highest BCUT2D eigenvalue weighted by Crippen LogP contribution is 2.30. The first kappa shape index (κ1) is 15.3. The summed E-state index contributed by atoms with van der Waals surface area (Å²) in [6.07, 6.45) is -2.78. The molecule has 0 bridgehead atoms. The molecule has 1 atom stereocenters. The Labute approximate surface area is 109 Å². The molecule has 0 spiro atoms. The lowest BCUT2D eigenvalue weighted by molar-refractivity contribution is -0.385. The highest BCUT2D eigenvalue weighted by atomic mass is 19.3. The number of benzene rings is 1. The highest BCUT2D eigenvalue weighted by Gasteiger charge is 2.18. The minimum absolute atomic E-state index is 0.178. The monoisotopic (exact) mass is 273 g/mol. The van der Waals surface area contributed by atoms with Gasteiger partial charge in [0.05, 0.1) is 4.92 Å². The number of nitrogens with two attached hydrogens (primary N) is 1. The van der Waals surface area contributed by atoms with Gasteiger partial charge in [-0.3, -0.25) is 10.1 Å². The average Bonchev–Trinajstić information content (AvgIpc) is 2.35. The summed E-state index contributed by atoms with van der Waals surface area (Å²) in [5, 5.41) is 13.4. The lowest BCUT2D eigenvalue weighted by Crippen LogP contribution is -2.34. The summed E-state index contributed by atoms with van der Waals surface area (Å²) in [4.78, 5) is 9.86. The topological polar surface area (TPSA) is 81.2 Å². The first-order chi connectivity index (χ1) is 8.82. The fraction of sp³-hybridized carbons (Fsp3) is 0.500. The zero-order valence-electron chi connectivity index (χ0n) is 10.8. The number of non-ortho nitro benzene ring substituents is 1. The summed E-state index contributed by atoms with van der Waals surface area (Å²) in [6, 6.07) is 3.18. The number of nitro benzene ring substituents is 1. The number of hydrogen-bond acceptors (Lipinski definition) is 4. The summed E-state index contributed by atoms with van der Waals surface area (Å²) < 4.78 is 25.7. The fourth-order valence-corrected chi connectivity index (χ4v) is 1.47. The third-order valence-corrected chi connectivity index (χ3v) is 2.87. The molecule has 0 aliphatic heterocycles. The van der Waals surface area contributed by atoms with Crippen LogP contribution in [0.1, 0.15) is 25.8 Å². The van der Waals surface area contributed by atoms with Gasteiger partial charge in [-0.1, -0.05) is 13.8 Å². The number of anilines is 1. The fourth-order valence-electron chi connectivity index (χ4n) is 1.47. The maximum atomic E-state index is 12.9. The normalized spacial score (nSPS) is 12.8. The van der Waals surface area contributed by atoms with Crippen LogP contribution >= 0.6 is 0 Å². The lowest BCUT2D eigenvalue weighted by atomic mass is 10.1. The van der Waals surface area contributed by atoms with Gasteiger partial charge in [-0.25, -0.2) is 8.78 Å². The zero-order chi connectivity index (χ0) is 14.6. The minimum Gasteiger partial charge on any atom is -0.383 e. The zero-order valence-corrected chi connectivity index (χ0v) is 10.8. The van der Waals surface area contributed by atoms with E-state index in [0.29, 0.717) is 6.54 Å². The molecule has 0 saturated carbocycles. The standard InChI is InChI=1S/C12H17F2N3O2/c1-7(2)10(15)6-16-11-4-3-8(17(18)19)5-9(11)12(13)14/h3-5,7,10,12,16H,6,15H2,1-2H3. The maximum Gasteiger partial charge on any atom is 0.270 e. The lowest BCUT2D eigenvalue weighted by Gasteiger charge is -2.18. The van der Waals surface area contributed by atoms with E-state index in [1.54, 1.807) is 0 Å². The van der Waals surface area contributed by atoms with E-state index < -0.39 is 11.3 Å². The predicted octanol–water partition coefficient (Wildman–Crippen LogP) is 2.93. The van der Waals surface area contributed by atoms with E-state index in [2.05, 4.69) is 5.32 Å². The Morgan fingerprint density at radius 1 is 1.42 bits per heavy atom. The van der Waals surface area contributed by atoms with Crippen LogP contribution in [0, 0.1) is 16.0 Å². The number of alkyl halides is 2. The van der Waals surface area contributed by atoms with Gasteiger partial charge in [0.15, 0.2) is 0 Å². The summed E-state index contributed by atoms with van der Waals surface area (Å²) >= 11 is 0. The molecule has 0 amide bonds. The Morgan fingerprint density at radius 2 is 2.05 bits per heavy atom. The second kappa shape index (κ2) is 6.42. The van der Waals surface area contributed by atoms with Crippen LogP contribution in [0.2, 0.25) is 0 Å². The van der Waals surface area contributed by atoms with E-state index in [1.165, 1.54) is 12.1 Å². The molecule has 0 aliphatic carbocycles. The van der Waals surface area contributed by atoms with Crippen LogP contribution in [0.3, 0.4) is 0 Å². The van der Waals surface area contributed by atoms with Crippen LogP contribution in [-0.2, 0) is 0 Å². The van der Waals surface area contributed by atoms with Crippen molar-refractivity contribution in [1.82, 2.24) is 0 Å². The second-order valence-corrected chi connectivity index (χ2v) is 4.62. The molecule has 19 heavy (non-hydrogen) atoms. The molecule has 1 aromatic rings. The van der Waals surface area contributed by atoms with Gasteiger partial charge in [-0.2, -0.15) is 0 Å². The predicted molar refractivity (Wildman–Crippen MR) is 69.4 cm³/mol. The van der Waals surface area contributed by atoms with Gasteiger partial charge in [-0.05, 0) is 12.0 Å². The Hall–Kier alpha value is -1.76. The molecule has 0 radical (unpaired) electrons. The average molecular weight is 273 g/mol. The van der Waals surface area contributed by atoms with Gasteiger partial charge in [-0.15, -0.1) is 0 Å². The van der Waals surface area contributed by atoms with E-state index in [1.807, 2.05) is 13.8 Å². The van der Waals surface area contributed by atoms with Crippen molar-refractivity contribution in [2.45, 2.75) is 26.3 Å². The van der Waals surface area contributed by atoms with Crippen molar-refractivity contribution in [2.75, 3.05) is 11.9 Å². The van der Waals surface area contributed by atoms with Gasteiger partial charge in [0.1, 0.15) is 0 Å². The summed E-state index contributed by atoms with van der Waals surface area (Å²) in [5.74, 6) is 0.209. The number of rotatable bonds is 6. The number of nitrogens with zero attached hydrogens (tertiary/aromatic N) is 1. The quantitative estimate of drug-likeness (QED) is 0.616. The van der Waals surface area contributed by atoms with E-state index in [9.17, 15) is 18.9 Å². The van der Waals surface area contributed by atoms with Crippen LogP contribution in [0.5, 0.6) is 0 Å². The molecule has 0 fully saturated rings. The molecule has 0 aliphatic rings. The van der Waals surface area contributed by atoms with Crippen LogP contribution < -0.4 is 11.1 Å². The maximum absolute atomic E-state index is 12.9. The molecular weight excluding hydrogens is 256 g/mol. The van der Waals surface area contributed by atoms with E-state index in [0.717, 1.165) is 6.07 Å². The van der Waals surface area contributed by atoms with Crippen molar-refractivity contribution in [2.24, 2.45) is 11.7 Å². The van der Waals surface area contributed by atoms with Crippen LogP contribution in [0.15, 0.2) is 18.2 Å². The molecule has 5 nitrogen and oxygen atoms in total. The van der Waals surface area contributed by atoms with Crippen molar-refractivity contribution in [1.29, 1.82) is 0 Å². The van der Waals surface area contributed by atoms with Crippen LogP contribution in [-0.4, -0.2) is 17.5 Å². The first-order valence-electron chi connectivity index (χ1n) is 5.89. The Balaban J connectivity index is 2.91. The molecule has 3 N–H and O–H groups in total. The Kier molecular flexibility index (Phi) is 5.17. The number of halogens is 2. The second-order valence-electron chi connectivity index (χ2n) is 4.62. The van der Waals surface area contributed by atoms with Crippen LogP contribution in [0.25, 0.3) is 0 Å². The van der Waals surface area contributed by atoms with Gasteiger partial charge in [0.2, 0.25) is 0 Å². The third-order valence-electron chi connectivity index (χ3n) is 2.87. The molecule has 0 heterocycles. The minimum atomic E-state index is -2.78. The van der Waals surface area contributed by atoms with Crippen molar-refractivity contribution in [3.8, 4) is 0 Å². The highest BCUT2D eigenvalue weighted by molar-refractivity contribution is 5.56. The molecule has 0 aromatic heterocycles. The van der Waals surface area contributed by atoms with Crippen molar-refractivity contribution >= 4 is 11.4 Å². The smallest absolute Gasteiger partial charge is 0.270 e. The summed E-state index contributed by atoms with van der Waals surface area (Å²) in [7, 11) is 0. The number of hydrogen-bond donors (Lipinski definition) is 2. The molecule has 7 heteroatoms. The number of nitro groups is 1. The summed E-state index contributed by atoms with van der Waals surface area (Å²) in [5.41, 5.74) is 5.25. The van der Waals surface area contributed by atoms with Gasteiger partial charge >= 0.3 is 0 Å². The molecule has 106 valence electrons. The van der Waals surface area contributed by atoms with Crippen molar-refractivity contribution in [3.63, 3.8) is 0 Å². The van der Waals surface area contributed by atoms with Gasteiger partial charge in [0.25, 0.3) is 12.1 Å². The first-order valence-corrected chi connectivity index (χ1v) is 5.89. The summed E-state index contributed by atoms with van der Waals surface area (Å²) in [6.45, 7) is 4.18. The van der Waals surface area contributed by atoms with Gasteiger partial charge in [0, 0.05) is 36.0 Å².